The molecule has 0 bridgehead atoms. The Morgan fingerprint density at radius 2 is 1.78 bits per heavy atom. The third-order valence-electron chi connectivity index (χ3n) is 3.36. The number of ether oxygens (including phenoxy) is 1. The van der Waals surface area contributed by atoms with Gasteiger partial charge in [0.05, 0.1) is 12.3 Å². The second-order valence-electron chi connectivity index (χ2n) is 5.01. The minimum atomic E-state index is 0.676. The third-order valence-corrected chi connectivity index (χ3v) is 3.61. The molecule has 0 saturated heterocycles. The highest BCUT2D eigenvalue weighted by molar-refractivity contribution is 6.30. The van der Waals surface area contributed by atoms with Crippen molar-refractivity contribution >= 4 is 23.8 Å². The van der Waals surface area contributed by atoms with Crippen molar-refractivity contribution in [2.24, 2.45) is 0 Å². The SMILES string of the molecule is CCOc1ccc(/C=C/c2nc(-c3ccc(Cl)cc3)c[nH]2)cc1. The molecular formula is C19H17ClN2O. The van der Waals surface area contributed by atoms with Crippen molar-refractivity contribution in [3.63, 3.8) is 0 Å². The Hall–Kier alpha value is -2.52. The number of H-pyrrole nitrogens is 1. The van der Waals surface area contributed by atoms with Crippen LogP contribution >= 0.6 is 11.6 Å². The standard InChI is InChI=1S/C19H17ClN2O/c1-2-23-17-10-3-14(4-11-17)5-12-19-21-13-18(22-19)15-6-8-16(20)9-7-15/h3-13H,2H2,1H3,(H,21,22)/b12-5+. The van der Waals surface area contributed by atoms with Crippen LogP contribution < -0.4 is 4.74 Å². The molecule has 4 heteroatoms. The van der Waals surface area contributed by atoms with E-state index in [0.29, 0.717) is 6.61 Å². The van der Waals surface area contributed by atoms with Crippen LogP contribution in [-0.4, -0.2) is 16.6 Å². The van der Waals surface area contributed by atoms with Crippen LogP contribution in [0.1, 0.15) is 18.3 Å². The molecule has 0 atom stereocenters. The first kappa shape index (κ1) is 15.4. The van der Waals surface area contributed by atoms with Crippen LogP contribution in [0.25, 0.3) is 23.4 Å². The van der Waals surface area contributed by atoms with E-state index in [9.17, 15) is 0 Å². The minimum absolute atomic E-state index is 0.676. The van der Waals surface area contributed by atoms with E-state index in [0.717, 1.165) is 33.4 Å². The van der Waals surface area contributed by atoms with Crippen LogP contribution in [0, 0.1) is 0 Å². The summed E-state index contributed by atoms with van der Waals surface area (Å²) in [5, 5.41) is 0.722. The molecule has 1 N–H and O–H groups in total. The van der Waals surface area contributed by atoms with Gasteiger partial charge in [-0.25, -0.2) is 4.98 Å². The molecule has 1 heterocycles. The van der Waals surface area contributed by atoms with E-state index in [4.69, 9.17) is 16.3 Å². The summed E-state index contributed by atoms with van der Waals surface area (Å²) in [6.45, 7) is 2.65. The number of rotatable bonds is 5. The number of benzene rings is 2. The van der Waals surface area contributed by atoms with Crippen LogP contribution in [0.5, 0.6) is 5.75 Å². The smallest absolute Gasteiger partial charge is 0.130 e. The maximum absolute atomic E-state index is 5.90. The molecule has 0 radical (unpaired) electrons. The summed E-state index contributed by atoms with van der Waals surface area (Å²) in [6, 6.07) is 15.6. The molecule has 0 aliphatic heterocycles. The van der Waals surface area contributed by atoms with E-state index in [1.54, 1.807) is 0 Å². The first-order valence-electron chi connectivity index (χ1n) is 7.47. The number of halogens is 1. The number of aromatic nitrogens is 2. The zero-order valence-corrected chi connectivity index (χ0v) is 13.5. The number of nitrogens with one attached hydrogen (secondary N) is 1. The second kappa shape index (κ2) is 7.16. The van der Waals surface area contributed by atoms with Crippen molar-refractivity contribution in [2.45, 2.75) is 6.92 Å². The third kappa shape index (κ3) is 4.02. The van der Waals surface area contributed by atoms with E-state index in [2.05, 4.69) is 9.97 Å². The predicted octanol–water partition coefficient (Wildman–Crippen LogP) is 5.30. The molecule has 0 aliphatic carbocycles. The average Bonchev–Trinajstić information content (AvgIpc) is 3.04. The summed E-state index contributed by atoms with van der Waals surface area (Å²) in [7, 11) is 0. The Morgan fingerprint density at radius 1 is 1.04 bits per heavy atom. The molecular weight excluding hydrogens is 308 g/mol. The van der Waals surface area contributed by atoms with Gasteiger partial charge in [0, 0.05) is 16.8 Å². The number of imidazole rings is 1. The lowest BCUT2D eigenvalue weighted by Gasteiger charge is -2.01. The van der Waals surface area contributed by atoms with E-state index in [1.807, 2.05) is 73.8 Å². The number of hydrogen-bond acceptors (Lipinski definition) is 2. The fraction of sp³-hybridized carbons (Fsp3) is 0.105. The molecule has 0 spiro atoms. The molecule has 0 fully saturated rings. The predicted molar refractivity (Wildman–Crippen MR) is 95.6 cm³/mol. The first-order chi connectivity index (χ1) is 11.2. The lowest BCUT2D eigenvalue weighted by molar-refractivity contribution is 0.340. The quantitative estimate of drug-likeness (QED) is 0.691. The van der Waals surface area contributed by atoms with E-state index < -0.39 is 0 Å². The normalized spacial score (nSPS) is 11.0. The van der Waals surface area contributed by atoms with Gasteiger partial charge < -0.3 is 9.72 Å². The van der Waals surface area contributed by atoms with Gasteiger partial charge in [0.15, 0.2) is 0 Å². The Labute approximate surface area is 140 Å². The Bertz CT molecular complexity index is 789. The first-order valence-corrected chi connectivity index (χ1v) is 7.84. The van der Waals surface area contributed by atoms with Crippen LogP contribution in [0.3, 0.4) is 0 Å². The molecule has 116 valence electrons. The van der Waals surface area contributed by atoms with Crippen molar-refractivity contribution in [1.29, 1.82) is 0 Å². The Kier molecular flexibility index (Phi) is 4.79. The summed E-state index contributed by atoms with van der Waals surface area (Å²) in [5.41, 5.74) is 3.03. The summed E-state index contributed by atoms with van der Waals surface area (Å²) in [4.78, 5) is 7.73. The van der Waals surface area contributed by atoms with Gasteiger partial charge >= 0.3 is 0 Å². The van der Waals surface area contributed by atoms with Crippen LogP contribution in [0.2, 0.25) is 5.02 Å². The molecule has 3 aromatic rings. The highest BCUT2D eigenvalue weighted by Crippen LogP contribution is 2.20. The molecule has 0 aliphatic rings. The molecule has 1 aromatic heterocycles. The van der Waals surface area contributed by atoms with Gasteiger partial charge in [-0.1, -0.05) is 41.9 Å². The summed E-state index contributed by atoms with van der Waals surface area (Å²) < 4.78 is 5.43. The van der Waals surface area contributed by atoms with E-state index in [1.165, 1.54) is 0 Å². The molecule has 2 aromatic carbocycles. The number of nitrogens with zero attached hydrogens (tertiary/aromatic N) is 1. The molecule has 0 saturated carbocycles. The average molecular weight is 325 g/mol. The lowest BCUT2D eigenvalue weighted by Crippen LogP contribution is -1.90. The highest BCUT2D eigenvalue weighted by atomic mass is 35.5. The summed E-state index contributed by atoms with van der Waals surface area (Å²) in [6.07, 6.45) is 5.86. The zero-order valence-electron chi connectivity index (χ0n) is 12.8. The lowest BCUT2D eigenvalue weighted by atomic mass is 10.2. The van der Waals surface area contributed by atoms with Gasteiger partial charge in [-0.3, -0.25) is 0 Å². The van der Waals surface area contributed by atoms with Gasteiger partial charge in [-0.2, -0.15) is 0 Å². The van der Waals surface area contributed by atoms with Crippen molar-refractivity contribution in [3.8, 4) is 17.0 Å². The molecule has 3 nitrogen and oxygen atoms in total. The maximum Gasteiger partial charge on any atom is 0.130 e. The highest BCUT2D eigenvalue weighted by Gasteiger charge is 2.02. The molecule has 23 heavy (non-hydrogen) atoms. The van der Waals surface area contributed by atoms with Crippen LogP contribution in [-0.2, 0) is 0 Å². The maximum atomic E-state index is 5.90. The second-order valence-corrected chi connectivity index (χ2v) is 5.45. The molecule has 3 rings (SSSR count). The van der Waals surface area contributed by atoms with Gasteiger partial charge in [0.2, 0.25) is 0 Å². The number of aromatic amines is 1. The Morgan fingerprint density at radius 3 is 2.48 bits per heavy atom. The fourth-order valence-corrected chi connectivity index (χ4v) is 2.33. The monoisotopic (exact) mass is 324 g/mol. The van der Waals surface area contributed by atoms with Crippen molar-refractivity contribution in [3.05, 3.63) is 71.1 Å². The van der Waals surface area contributed by atoms with Gasteiger partial charge in [0.1, 0.15) is 11.6 Å². The van der Waals surface area contributed by atoms with E-state index in [-0.39, 0.29) is 0 Å². The van der Waals surface area contributed by atoms with Gasteiger partial charge in [0.25, 0.3) is 0 Å². The molecule has 0 unspecified atom stereocenters. The Balaban J connectivity index is 1.72. The van der Waals surface area contributed by atoms with Crippen molar-refractivity contribution in [2.75, 3.05) is 6.61 Å². The minimum Gasteiger partial charge on any atom is -0.494 e. The van der Waals surface area contributed by atoms with Crippen LogP contribution in [0.4, 0.5) is 0 Å². The topological polar surface area (TPSA) is 37.9 Å². The van der Waals surface area contributed by atoms with Gasteiger partial charge in [-0.15, -0.1) is 0 Å². The van der Waals surface area contributed by atoms with Crippen molar-refractivity contribution in [1.82, 2.24) is 9.97 Å². The fourth-order valence-electron chi connectivity index (χ4n) is 2.21. The van der Waals surface area contributed by atoms with Gasteiger partial charge in [-0.05, 0) is 42.8 Å². The molecule has 0 amide bonds. The summed E-state index contributed by atoms with van der Waals surface area (Å²) in [5.74, 6) is 1.69. The largest absolute Gasteiger partial charge is 0.494 e. The zero-order chi connectivity index (χ0) is 16.1. The van der Waals surface area contributed by atoms with E-state index >= 15 is 0 Å². The summed E-state index contributed by atoms with van der Waals surface area (Å²) >= 11 is 5.90. The number of hydrogen-bond donors (Lipinski definition) is 1. The van der Waals surface area contributed by atoms with Crippen molar-refractivity contribution < 1.29 is 4.74 Å². The van der Waals surface area contributed by atoms with Crippen LogP contribution in [0.15, 0.2) is 54.7 Å².